The number of hydrogen-bond donors (Lipinski definition) is 3. The first-order valence-corrected chi connectivity index (χ1v) is 10.9. The van der Waals surface area contributed by atoms with Gasteiger partial charge in [-0.15, -0.1) is 0 Å². The maximum Gasteiger partial charge on any atom is 0.269 e. The van der Waals surface area contributed by atoms with Crippen molar-refractivity contribution in [1.29, 1.82) is 0 Å². The molecule has 0 aliphatic carbocycles. The van der Waals surface area contributed by atoms with Crippen molar-refractivity contribution in [3.05, 3.63) is 34.4 Å². The lowest BCUT2D eigenvalue weighted by molar-refractivity contribution is -0.384. The molecule has 1 unspecified atom stereocenters. The Morgan fingerprint density at radius 3 is 2.57 bits per heavy atom. The Morgan fingerprint density at radius 2 is 1.93 bits per heavy atom. The third-order valence-corrected chi connectivity index (χ3v) is 4.94. The molecule has 1 aliphatic rings. The second kappa shape index (κ2) is 13.8. The Hall–Kier alpha value is -2.39. The minimum Gasteiger partial charge on any atom is -0.491 e. The molecule has 9 nitrogen and oxygen atoms in total. The van der Waals surface area contributed by atoms with Gasteiger partial charge in [-0.2, -0.15) is 0 Å². The van der Waals surface area contributed by atoms with Crippen molar-refractivity contribution in [2.75, 3.05) is 45.9 Å². The van der Waals surface area contributed by atoms with E-state index in [4.69, 9.17) is 4.74 Å². The summed E-state index contributed by atoms with van der Waals surface area (Å²) in [6.45, 7) is 7.35. The third-order valence-electron chi connectivity index (χ3n) is 4.94. The molecule has 30 heavy (non-hydrogen) atoms. The summed E-state index contributed by atoms with van der Waals surface area (Å²) in [6, 6.07) is 5.78. The summed E-state index contributed by atoms with van der Waals surface area (Å²) in [5, 5.41) is 27.3. The molecule has 3 N–H and O–H groups in total. The summed E-state index contributed by atoms with van der Waals surface area (Å²) in [5.41, 5.74) is 0.00435. The molecule has 0 spiro atoms. The van der Waals surface area contributed by atoms with Crippen LogP contribution in [0.15, 0.2) is 29.3 Å². The van der Waals surface area contributed by atoms with Gasteiger partial charge in [0.05, 0.1) is 11.5 Å². The summed E-state index contributed by atoms with van der Waals surface area (Å²) >= 11 is 0. The number of ether oxygens (including phenoxy) is 1. The molecule has 1 heterocycles. The van der Waals surface area contributed by atoms with E-state index in [2.05, 4.69) is 20.5 Å². The van der Waals surface area contributed by atoms with Crippen LogP contribution in [0, 0.1) is 10.1 Å². The molecule has 0 radical (unpaired) electrons. The van der Waals surface area contributed by atoms with E-state index in [1.54, 1.807) is 0 Å². The average Bonchev–Trinajstić information content (AvgIpc) is 3.02. The zero-order chi connectivity index (χ0) is 21.6. The van der Waals surface area contributed by atoms with Gasteiger partial charge in [0, 0.05) is 25.2 Å². The van der Waals surface area contributed by atoms with Crippen molar-refractivity contribution in [3.8, 4) is 5.75 Å². The first kappa shape index (κ1) is 23.9. The molecule has 0 bridgehead atoms. The second-order valence-corrected chi connectivity index (χ2v) is 7.47. The maximum atomic E-state index is 10.7. The molecule has 0 aromatic heterocycles. The number of likely N-dealkylation sites (tertiary alicyclic amines) is 1. The zero-order valence-corrected chi connectivity index (χ0v) is 17.9. The Bertz CT molecular complexity index is 645. The fourth-order valence-corrected chi connectivity index (χ4v) is 3.32. The number of rotatable bonds is 11. The van der Waals surface area contributed by atoms with Gasteiger partial charge in [0.1, 0.15) is 18.5 Å². The molecule has 1 aromatic rings. The van der Waals surface area contributed by atoms with Crippen molar-refractivity contribution in [2.45, 2.75) is 45.1 Å². The van der Waals surface area contributed by atoms with E-state index >= 15 is 0 Å². The van der Waals surface area contributed by atoms with Crippen LogP contribution in [-0.2, 0) is 0 Å². The summed E-state index contributed by atoms with van der Waals surface area (Å²) in [6.07, 6.45) is 5.59. The van der Waals surface area contributed by atoms with Crippen molar-refractivity contribution >= 4 is 11.6 Å². The monoisotopic (exact) mass is 421 g/mol. The van der Waals surface area contributed by atoms with Crippen LogP contribution >= 0.6 is 0 Å². The zero-order valence-electron chi connectivity index (χ0n) is 17.9. The van der Waals surface area contributed by atoms with E-state index in [-0.39, 0.29) is 18.8 Å². The molecular formula is C21H35N5O4. The van der Waals surface area contributed by atoms with Crippen LogP contribution in [-0.4, -0.2) is 72.9 Å². The highest BCUT2D eigenvalue weighted by molar-refractivity contribution is 5.79. The highest BCUT2D eigenvalue weighted by Gasteiger charge is 2.10. The number of nitrogens with one attached hydrogen (secondary N) is 2. The number of non-ortho nitro benzene ring substituents is 1. The van der Waals surface area contributed by atoms with Gasteiger partial charge >= 0.3 is 0 Å². The molecule has 1 fully saturated rings. The van der Waals surface area contributed by atoms with E-state index in [0.29, 0.717) is 11.7 Å². The number of aliphatic hydroxyl groups excluding tert-OH is 1. The average molecular weight is 422 g/mol. The number of benzene rings is 1. The summed E-state index contributed by atoms with van der Waals surface area (Å²) < 4.78 is 5.48. The molecule has 1 atom stereocenters. The molecule has 168 valence electrons. The third kappa shape index (κ3) is 9.41. The van der Waals surface area contributed by atoms with Crippen molar-refractivity contribution in [1.82, 2.24) is 15.5 Å². The molecule has 0 saturated carbocycles. The minimum absolute atomic E-state index is 0.00435. The molecule has 9 heteroatoms. The Labute approximate surface area is 178 Å². The van der Waals surface area contributed by atoms with Gasteiger partial charge in [-0.05, 0) is 58.0 Å². The van der Waals surface area contributed by atoms with Crippen LogP contribution in [0.1, 0.15) is 39.0 Å². The number of nitrogens with zero attached hydrogens (tertiary/aromatic N) is 3. The van der Waals surface area contributed by atoms with Crippen LogP contribution < -0.4 is 15.4 Å². The quantitative estimate of drug-likeness (QED) is 0.165. The fraction of sp³-hybridized carbons (Fsp3) is 0.667. The van der Waals surface area contributed by atoms with E-state index in [9.17, 15) is 15.2 Å². The van der Waals surface area contributed by atoms with Crippen LogP contribution in [0.5, 0.6) is 5.75 Å². The van der Waals surface area contributed by atoms with Crippen LogP contribution in [0.3, 0.4) is 0 Å². The summed E-state index contributed by atoms with van der Waals surface area (Å²) in [7, 11) is 0. The molecule has 1 aromatic carbocycles. The number of aliphatic hydroxyl groups is 1. The van der Waals surface area contributed by atoms with Gasteiger partial charge in [-0.1, -0.05) is 12.8 Å². The van der Waals surface area contributed by atoms with Gasteiger partial charge in [-0.25, -0.2) is 0 Å². The van der Waals surface area contributed by atoms with Crippen LogP contribution in [0.2, 0.25) is 0 Å². The molecule has 0 amide bonds. The number of aliphatic imine (C=N–C) groups is 1. The largest absolute Gasteiger partial charge is 0.491 e. The first-order valence-electron chi connectivity index (χ1n) is 10.9. The van der Waals surface area contributed by atoms with Crippen LogP contribution in [0.4, 0.5) is 5.69 Å². The number of nitro benzene ring substituents is 1. The van der Waals surface area contributed by atoms with E-state index in [1.165, 1.54) is 63.0 Å². The lowest BCUT2D eigenvalue weighted by Crippen LogP contribution is -2.39. The fourth-order valence-electron chi connectivity index (χ4n) is 3.32. The van der Waals surface area contributed by atoms with Crippen LogP contribution in [0.25, 0.3) is 0 Å². The highest BCUT2D eigenvalue weighted by atomic mass is 16.6. The predicted octanol–water partition coefficient (Wildman–Crippen LogP) is 2.16. The van der Waals surface area contributed by atoms with Gasteiger partial charge in [0.25, 0.3) is 5.69 Å². The Kier molecular flexibility index (Phi) is 11.0. The molecule has 1 aliphatic heterocycles. The predicted molar refractivity (Wildman–Crippen MR) is 118 cm³/mol. The van der Waals surface area contributed by atoms with E-state index < -0.39 is 11.0 Å². The van der Waals surface area contributed by atoms with Gasteiger partial charge < -0.3 is 25.4 Å². The van der Waals surface area contributed by atoms with Crippen molar-refractivity contribution in [3.63, 3.8) is 0 Å². The van der Waals surface area contributed by atoms with E-state index in [1.807, 2.05) is 6.92 Å². The standard InChI is InChI=1S/C21H35N5O4/c1-2-22-21(23-12-7-15-25-13-5-3-4-6-14-25)24-16-19(27)17-30-20-10-8-18(9-11-20)26(28)29/h8-11,19,27H,2-7,12-17H2,1H3,(H2,22,23,24). The lowest BCUT2D eigenvalue weighted by atomic mass is 10.2. The van der Waals surface area contributed by atoms with Gasteiger partial charge in [-0.3, -0.25) is 15.1 Å². The SMILES string of the molecule is CCNC(=NCC(O)COc1ccc([N+](=O)[O-])cc1)NCCCN1CCCCCC1. The Morgan fingerprint density at radius 1 is 1.23 bits per heavy atom. The van der Waals surface area contributed by atoms with E-state index in [0.717, 1.165) is 26.1 Å². The molecule has 2 rings (SSSR count). The van der Waals surface area contributed by atoms with Gasteiger partial charge in [0.2, 0.25) is 0 Å². The smallest absolute Gasteiger partial charge is 0.269 e. The summed E-state index contributed by atoms with van der Waals surface area (Å²) in [5.74, 6) is 1.16. The maximum absolute atomic E-state index is 10.7. The normalized spacial score (nSPS) is 16.5. The first-order chi connectivity index (χ1) is 14.6. The van der Waals surface area contributed by atoms with Crippen molar-refractivity contribution < 1.29 is 14.8 Å². The topological polar surface area (TPSA) is 112 Å². The minimum atomic E-state index is -0.771. The highest BCUT2D eigenvalue weighted by Crippen LogP contribution is 2.17. The summed E-state index contributed by atoms with van der Waals surface area (Å²) in [4.78, 5) is 17.2. The number of guanidine groups is 1. The number of hydrogen-bond acceptors (Lipinski definition) is 6. The van der Waals surface area contributed by atoms with Gasteiger partial charge in [0.15, 0.2) is 5.96 Å². The Balaban J connectivity index is 1.68. The number of nitro groups is 1. The molecular weight excluding hydrogens is 386 g/mol. The molecule has 1 saturated heterocycles. The van der Waals surface area contributed by atoms with Crippen molar-refractivity contribution in [2.24, 2.45) is 4.99 Å². The second-order valence-electron chi connectivity index (χ2n) is 7.47. The lowest BCUT2D eigenvalue weighted by Gasteiger charge is -2.20.